The fourth-order valence-corrected chi connectivity index (χ4v) is 2.30. The van der Waals surface area contributed by atoms with Crippen molar-refractivity contribution in [2.24, 2.45) is 0 Å². The lowest BCUT2D eigenvalue weighted by Gasteiger charge is -2.09. The summed E-state index contributed by atoms with van der Waals surface area (Å²) >= 11 is 0. The molecule has 0 unspecified atom stereocenters. The fourth-order valence-electron chi connectivity index (χ4n) is 2.30. The predicted octanol–water partition coefficient (Wildman–Crippen LogP) is 2.91. The van der Waals surface area contributed by atoms with Gasteiger partial charge in [-0.25, -0.2) is 0 Å². The Labute approximate surface area is 122 Å². The smallest absolute Gasteiger partial charge is 0.255 e. The number of nitrogens with zero attached hydrogens (tertiary/aromatic N) is 3. The fraction of sp³-hybridized carbons (Fsp3) is 0.188. The molecular weight excluding hydrogens is 264 g/mol. The summed E-state index contributed by atoms with van der Waals surface area (Å²) in [4.78, 5) is 12.3. The molecule has 106 valence electrons. The van der Waals surface area contributed by atoms with Crippen LogP contribution < -0.4 is 5.32 Å². The molecule has 0 bridgehead atoms. The van der Waals surface area contributed by atoms with E-state index in [-0.39, 0.29) is 5.91 Å². The maximum atomic E-state index is 12.3. The minimum atomic E-state index is -0.148. The number of pyridine rings is 1. The second kappa shape index (κ2) is 5.01. The monoisotopic (exact) mass is 280 g/mol. The van der Waals surface area contributed by atoms with Crippen LogP contribution in [-0.2, 0) is 0 Å². The lowest BCUT2D eigenvalue weighted by molar-refractivity contribution is 0.102. The number of hydrogen-bond acceptors (Lipinski definition) is 3. The van der Waals surface area contributed by atoms with Crippen molar-refractivity contribution in [3.05, 3.63) is 59.0 Å². The van der Waals surface area contributed by atoms with Crippen molar-refractivity contribution in [2.75, 3.05) is 5.32 Å². The Bertz CT molecular complexity index is 835. The van der Waals surface area contributed by atoms with Gasteiger partial charge >= 0.3 is 0 Å². The molecule has 5 nitrogen and oxygen atoms in total. The third-order valence-electron chi connectivity index (χ3n) is 3.47. The van der Waals surface area contributed by atoms with Gasteiger partial charge in [-0.15, -0.1) is 10.2 Å². The zero-order valence-electron chi connectivity index (χ0n) is 12.2. The Morgan fingerprint density at radius 2 is 1.90 bits per heavy atom. The normalized spacial score (nSPS) is 10.8. The quantitative estimate of drug-likeness (QED) is 0.785. The van der Waals surface area contributed by atoms with E-state index in [1.807, 2.05) is 49.6 Å². The van der Waals surface area contributed by atoms with E-state index in [1.54, 1.807) is 12.1 Å². The van der Waals surface area contributed by atoms with Crippen molar-refractivity contribution in [1.29, 1.82) is 0 Å². The Hall–Kier alpha value is -2.69. The van der Waals surface area contributed by atoms with Crippen LogP contribution in [0.3, 0.4) is 0 Å². The number of amides is 1. The van der Waals surface area contributed by atoms with Crippen LogP contribution in [0.4, 0.5) is 5.69 Å². The number of fused-ring (bicyclic) bond motifs is 1. The molecule has 2 heterocycles. The molecule has 0 atom stereocenters. The summed E-state index contributed by atoms with van der Waals surface area (Å²) in [5.41, 5.74) is 4.27. The summed E-state index contributed by atoms with van der Waals surface area (Å²) in [6.07, 6.45) is 1.81. The number of carbonyl (C=O) groups is 1. The molecule has 5 heteroatoms. The Balaban J connectivity index is 1.89. The Morgan fingerprint density at radius 1 is 1.10 bits per heavy atom. The van der Waals surface area contributed by atoms with Crippen LogP contribution in [0, 0.1) is 20.8 Å². The topological polar surface area (TPSA) is 59.3 Å². The van der Waals surface area contributed by atoms with Gasteiger partial charge in [0, 0.05) is 17.4 Å². The maximum Gasteiger partial charge on any atom is 0.255 e. The first-order valence-corrected chi connectivity index (χ1v) is 6.74. The SMILES string of the molecule is Cc1ccc(NC(=O)c2ccn3c(C)nnc3c2)c(C)c1. The molecule has 3 rings (SSSR count). The minimum Gasteiger partial charge on any atom is -0.322 e. The Morgan fingerprint density at radius 3 is 2.67 bits per heavy atom. The molecule has 0 saturated heterocycles. The van der Waals surface area contributed by atoms with E-state index in [9.17, 15) is 4.79 Å². The molecule has 0 saturated carbocycles. The number of benzene rings is 1. The van der Waals surface area contributed by atoms with Crippen LogP contribution in [0.1, 0.15) is 27.3 Å². The van der Waals surface area contributed by atoms with E-state index in [2.05, 4.69) is 15.5 Å². The van der Waals surface area contributed by atoms with Gasteiger partial charge in [-0.05, 0) is 44.5 Å². The van der Waals surface area contributed by atoms with Gasteiger partial charge in [-0.2, -0.15) is 0 Å². The summed E-state index contributed by atoms with van der Waals surface area (Å²) in [5.74, 6) is 0.649. The van der Waals surface area contributed by atoms with Crippen LogP contribution >= 0.6 is 0 Å². The number of aromatic nitrogens is 3. The Kier molecular flexibility index (Phi) is 3.17. The molecule has 0 aliphatic carbocycles. The first-order valence-electron chi connectivity index (χ1n) is 6.74. The van der Waals surface area contributed by atoms with E-state index >= 15 is 0 Å². The van der Waals surface area contributed by atoms with Crippen LogP contribution in [0.2, 0.25) is 0 Å². The van der Waals surface area contributed by atoms with Crippen molar-refractivity contribution < 1.29 is 4.79 Å². The number of rotatable bonds is 2. The van der Waals surface area contributed by atoms with E-state index in [1.165, 1.54) is 5.56 Å². The lowest BCUT2D eigenvalue weighted by Crippen LogP contribution is -2.13. The molecule has 0 spiro atoms. The van der Waals surface area contributed by atoms with Crippen molar-refractivity contribution >= 4 is 17.2 Å². The van der Waals surface area contributed by atoms with E-state index in [0.29, 0.717) is 11.2 Å². The highest BCUT2D eigenvalue weighted by Crippen LogP contribution is 2.17. The average molecular weight is 280 g/mol. The molecule has 1 amide bonds. The van der Waals surface area contributed by atoms with Gasteiger partial charge in [-0.3, -0.25) is 9.20 Å². The molecule has 21 heavy (non-hydrogen) atoms. The molecule has 2 aromatic heterocycles. The van der Waals surface area contributed by atoms with Gasteiger partial charge in [0.05, 0.1) is 0 Å². The second-order valence-corrected chi connectivity index (χ2v) is 5.16. The van der Waals surface area contributed by atoms with Crippen molar-refractivity contribution in [1.82, 2.24) is 14.6 Å². The van der Waals surface area contributed by atoms with Gasteiger partial charge in [0.2, 0.25) is 0 Å². The van der Waals surface area contributed by atoms with Crippen LogP contribution in [0.25, 0.3) is 5.65 Å². The summed E-state index contributed by atoms with van der Waals surface area (Å²) in [6.45, 7) is 5.88. The summed E-state index contributed by atoms with van der Waals surface area (Å²) < 4.78 is 1.84. The summed E-state index contributed by atoms with van der Waals surface area (Å²) in [6, 6.07) is 9.44. The third-order valence-corrected chi connectivity index (χ3v) is 3.47. The first-order chi connectivity index (χ1) is 10.0. The van der Waals surface area contributed by atoms with E-state index in [0.717, 1.165) is 17.1 Å². The minimum absolute atomic E-state index is 0.148. The third kappa shape index (κ3) is 2.50. The standard InChI is InChI=1S/C16H16N4O/c1-10-4-5-14(11(2)8-10)17-16(21)13-6-7-20-12(3)18-19-15(20)9-13/h4-9H,1-3H3,(H,17,21). The van der Waals surface area contributed by atoms with Gasteiger partial charge < -0.3 is 5.32 Å². The molecule has 0 radical (unpaired) electrons. The van der Waals surface area contributed by atoms with Crippen LogP contribution in [-0.4, -0.2) is 20.5 Å². The largest absolute Gasteiger partial charge is 0.322 e. The zero-order chi connectivity index (χ0) is 15.0. The average Bonchev–Trinajstić information content (AvgIpc) is 2.83. The van der Waals surface area contributed by atoms with Gasteiger partial charge in [0.25, 0.3) is 5.91 Å². The second-order valence-electron chi connectivity index (χ2n) is 5.16. The molecule has 3 aromatic rings. The number of carbonyl (C=O) groups excluding carboxylic acids is 1. The highest BCUT2D eigenvalue weighted by molar-refractivity contribution is 6.05. The van der Waals surface area contributed by atoms with Crippen molar-refractivity contribution in [3.63, 3.8) is 0 Å². The molecule has 1 N–H and O–H groups in total. The number of nitrogens with one attached hydrogen (secondary N) is 1. The van der Waals surface area contributed by atoms with Gasteiger partial charge in [0.15, 0.2) is 5.65 Å². The van der Waals surface area contributed by atoms with Crippen LogP contribution in [0.5, 0.6) is 0 Å². The van der Waals surface area contributed by atoms with E-state index < -0.39 is 0 Å². The molecule has 0 fully saturated rings. The van der Waals surface area contributed by atoms with E-state index in [4.69, 9.17) is 0 Å². The first kappa shape index (κ1) is 13.3. The van der Waals surface area contributed by atoms with Gasteiger partial charge in [-0.1, -0.05) is 17.7 Å². The predicted molar refractivity (Wildman–Crippen MR) is 81.6 cm³/mol. The highest BCUT2D eigenvalue weighted by atomic mass is 16.1. The molecule has 0 aliphatic rings. The maximum absolute atomic E-state index is 12.3. The number of hydrogen-bond donors (Lipinski definition) is 1. The summed E-state index contributed by atoms with van der Waals surface area (Å²) in [7, 11) is 0. The molecular formula is C16H16N4O. The van der Waals surface area contributed by atoms with Crippen LogP contribution in [0.15, 0.2) is 36.5 Å². The highest BCUT2D eigenvalue weighted by Gasteiger charge is 2.10. The lowest BCUT2D eigenvalue weighted by atomic mass is 10.1. The summed E-state index contributed by atoms with van der Waals surface area (Å²) in [5, 5.41) is 10.9. The van der Waals surface area contributed by atoms with Crippen molar-refractivity contribution in [2.45, 2.75) is 20.8 Å². The zero-order valence-corrected chi connectivity index (χ0v) is 12.2. The van der Waals surface area contributed by atoms with Crippen molar-refractivity contribution in [3.8, 4) is 0 Å². The molecule has 1 aromatic carbocycles. The number of anilines is 1. The number of aryl methyl sites for hydroxylation is 3. The molecule has 0 aliphatic heterocycles. The van der Waals surface area contributed by atoms with Gasteiger partial charge in [0.1, 0.15) is 5.82 Å².